The summed E-state index contributed by atoms with van der Waals surface area (Å²) in [7, 11) is 0. The normalized spacial score (nSPS) is 13.2. The van der Waals surface area contributed by atoms with Crippen LogP contribution in [0.1, 0.15) is 25.0 Å². The summed E-state index contributed by atoms with van der Waals surface area (Å²) in [6.07, 6.45) is 4.00. The first kappa shape index (κ1) is 26.5. The molecule has 5 heteroatoms. The van der Waals surface area contributed by atoms with E-state index in [9.17, 15) is 0 Å². The van der Waals surface area contributed by atoms with Crippen LogP contribution in [0, 0.1) is 0 Å². The smallest absolute Gasteiger partial charge is 0.164 e. The number of hydrogen-bond donors (Lipinski definition) is 0. The summed E-state index contributed by atoms with van der Waals surface area (Å²) in [4.78, 5) is 19.4. The van der Waals surface area contributed by atoms with E-state index >= 15 is 0 Å². The first-order valence-corrected chi connectivity index (χ1v) is 15.5. The zero-order chi connectivity index (χ0) is 30.8. The van der Waals surface area contributed by atoms with Crippen LogP contribution in [0.2, 0.25) is 0 Å². The quantitative estimate of drug-likeness (QED) is 0.203. The third-order valence-electron chi connectivity index (χ3n) is 9.20. The lowest BCUT2D eigenvalue weighted by Crippen LogP contribution is -2.16. The molecule has 5 aromatic carbocycles. The molecule has 218 valence electrons. The molecular formula is C41H28N4O. The molecule has 0 spiro atoms. The number of fused-ring (bicyclic) bond motifs is 6. The molecule has 1 aliphatic carbocycles. The van der Waals surface area contributed by atoms with Crippen molar-refractivity contribution in [3.05, 3.63) is 145 Å². The van der Waals surface area contributed by atoms with Gasteiger partial charge in [0.25, 0.3) is 0 Å². The summed E-state index contributed by atoms with van der Waals surface area (Å²) >= 11 is 0. The van der Waals surface area contributed by atoms with Crippen molar-refractivity contribution >= 4 is 21.9 Å². The standard InChI is InChI=1S/C41H28N4O/c1-41(2)34-22-36-31(29-15-9-10-16-35(29)46-36)21-30(34)33-24-42-23-32(37(33)41)25-17-19-28(20-18-25)40-44-38(26-11-5-3-6-12-26)43-39(45-40)27-13-7-4-8-14-27/h3-24H,1-2H3. The second-order valence-electron chi connectivity index (χ2n) is 12.3. The Morgan fingerprint density at radius 3 is 1.67 bits per heavy atom. The number of pyridine rings is 1. The molecule has 0 N–H and O–H groups in total. The summed E-state index contributed by atoms with van der Waals surface area (Å²) in [5.41, 5.74) is 11.6. The van der Waals surface area contributed by atoms with Crippen molar-refractivity contribution in [2.24, 2.45) is 0 Å². The highest BCUT2D eigenvalue weighted by Gasteiger charge is 2.38. The van der Waals surface area contributed by atoms with Crippen molar-refractivity contribution in [2.75, 3.05) is 0 Å². The number of rotatable bonds is 4. The summed E-state index contributed by atoms with van der Waals surface area (Å²) in [6, 6.07) is 41.4. The number of para-hydroxylation sites is 1. The van der Waals surface area contributed by atoms with Crippen LogP contribution in [-0.4, -0.2) is 19.9 Å². The lowest BCUT2D eigenvalue weighted by molar-refractivity contribution is 0.648. The van der Waals surface area contributed by atoms with Crippen molar-refractivity contribution in [1.82, 2.24) is 19.9 Å². The van der Waals surface area contributed by atoms with Gasteiger partial charge in [-0.1, -0.05) is 117 Å². The summed E-state index contributed by atoms with van der Waals surface area (Å²) in [5.74, 6) is 1.94. The van der Waals surface area contributed by atoms with E-state index < -0.39 is 0 Å². The topological polar surface area (TPSA) is 64.7 Å². The molecule has 1 aliphatic rings. The largest absolute Gasteiger partial charge is 0.456 e. The Morgan fingerprint density at radius 1 is 0.478 bits per heavy atom. The second kappa shape index (κ2) is 10.0. The monoisotopic (exact) mass is 592 g/mol. The Hall–Kier alpha value is -5.94. The molecule has 0 saturated heterocycles. The van der Waals surface area contributed by atoms with Gasteiger partial charge < -0.3 is 4.42 Å². The molecule has 3 aromatic heterocycles. The van der Waals surface area contributed by atoms with Crippen molar-refractivity contribution in [3.63, 3.8) is 0 Å². The van der Waals surface area contributed by atoms with Gasteiger partial charge in [0, 0.05) is 56.4 Å². The molecule has 0 unspecified atom stereocenters. The Balaban J connectivity index is 1.15. The van der Waals surface area contributed by atoms with E-state index in [1.165, 1.54) is 22.3 Å². The number of furan rings is 1. The molecule has 5 nitrogen and oxygen atoms in total. The maximum atomic E-state index is 6.28. The van der Waals surface area contributed by atoms with Gasteiger partial charge >= 0.3 is 0 Å². The predicted octanol–water partition coefficient (Wildman–Crippen LogP) is 10.1. The molecule has 0 atom stereocenters. The van der Waals surface area contributed by atoms with Gasteiger partial charge in [-0.3, -0.25) is 4.98 Å². The van der Waals surface area contributed by atoms with Crippen LogP contribution >= 0.6 is 0 Å². The highest BCUT2D eigenvalue weighted by molar-refractivity contribution is 6.08. The van der Waals surface area contributed by atoms with Gasteiger partial charge in [0.05, 0.1) is 0 Å². The second-order valence-corrected chi connectivity index (χ2v) is 12.3. The van der Waals surface area contributed by atoms with Gasteiger partial charge in [0.15, 0.2) is 17.5 Å². The van der Waals surface area contributed by atoms with Crippen LogP contribution in [0.4, 0.5) is 0 Å². The van der Waals surface area contributed by atoms with E-state index in [4.69, 9.17) is 24.4 Å². The molecule has 3 heterocycles. The minimum absolute atomic E-state index is 0.238. The fourth-order valence-corrected chi connectivity index (χ4v) is 6.94. The molecule has 0 bridgehead atoms. The maximum absolute atomic E-state index is 6.28. The average molecular weight is 593 g/mol. The SMILES string of the molecule is CC1(C)c2cc3oc4ccccc4c3cc2-c2cncc(-c3ccc(-c4nc(-c5ccccc5)nc(-c5ccccc5)n4)cc3)c21. The highest BCUT2D eigenvalue weighted by Crippen LogP contribution is 2.53. The van der Waals surface area contributed by atoms with Crippen molar-refractivity contribution in [2.45, 2.75) is 19.3 Å². The van der Waals surface area contributed by atoms with Gasteiger partial charge in [-0.05, 0) is 40.5 Å². The van der Waals surface area contributed by atoms with E-state index in [2.05, 4.69) is 62.4 Å². The van der Waals surface area contributed by atoms with Crippen LogP contribution in [0.25, 0.3) is 78.4 Å². The lowest BCUT2D eigenvalue weighted by Gasteiger charge is -2.24. The number of benzene rings is 5. The molecule has 8 aromatic rings. The lowest BCUT2D eigenvalue weighted by atomic mass is 9.79. The van der Waals surface area contributed by atoms with Crippen molar-refractivity contribution in [3.8, 4) is 56.4 Å². The van der Waals surface area contributed by atoms with Crippen LogP contribution in [0.5, 0.6) is 0 Å². The van der Waals surface area contributed by atoms with Crippen LogP contribution in [0.15, 0.2) is 138 Å². The van der Waals surface area contributed by atoms with Crippen molar-refractivity contribution in [1.29, 1.82) is 0 Å². The summed E-state index contributed by atoms with van der Waals surface area (Å²) in [5, 5.41) is 2.27. The van der Waals surface area contributed by atoms with Crippen LogP contribution < -0.4 is 0 Å². The number of aromatic nitrogens is 4. The van der Waals surface area contributed by atoms with Crippen LogP contribution in [0.3, 0.4) is 0 Å². The van der Waals surface area contributed by atoms with E-state index in [1.807, 2.05) is 85.2 Å². The minimum atomic E-state index is -0.238. The fourth-order valence-electron chi connectivity index (χ4n) is 6.94. The van der Waals surface area contributed by atoms with Crippen molar-refractivity contribution < 1.29 is 4.42 Å². The average Bonchev–Trinajstić information content (AvgIpc) is 3.59. The molecule has 0 aliphatic heterocycles. The predicted molar refractivity (Wildman–Crippen MR) is 184 cm³/mol. The number of hydrogen-bond acceptors (Lipinski definition) is 5. The van der Waals surface area contributed by atoms with E-state index in [0.29, 0.717) is 17.5 Å². The Morgan fingerprint density at radius 2 is 1.02 bits per heavy atom. The molecule has 9 rings (SSSR count). The highest BCUT2D eigenvalue weighted by atomic mass is 16.3. The molecule has 0 amide bonds. The van der Waals surface area contributed by atoms with E-state index in [0.717, 1.165) is 49.8 Å². The fraction of sp³-hybridized carbons (Fsp3) is 0.0732. The minimum Gasteiger partial charge on any atom is -0.456 e. The van der Waals surface area contributed by atoms with E-state index in [1.54, 1.807) is 0 Å². The maximum Gasteiger partial charge on any atom is 0.164 e. The number of nitrogens with zero attached hydrogens (tertiary/aromatic N) is 4. The summed E-state index contributed by atoms with van der Waals surface area (Å²) in [6.45, 7) is 4.59. The van der Waals surface area contributed by atoms with E-state index in [-0.39, 0.29) is 5.41 Å². The Labute approximate surface area is 266 Å². The first-order valence-electron chi connectivity index (χ1n) is 15.5. The zero-order valence-corrected chi connectivity index (χ0v) is 25.4. The summed E-state index contributed by atoms with van der Waals surface area (Å²) < 4.78 is 6.28. The Kier molecular flexibility index (Phi) is 5.78. The van der Waals surface area contributed by atoms with Crippen LogP contribution in [-0.2, 0) is 5.41 Å². The molecular weight excluding hydrogens is 564 g/mol. The van der Waals surface area contributed by atoms with Gasteiger partial charge in [0.2, 0.25) is 0 Å². The molecule has 0 radical (unpaired) electrons. The van der Waals surface area contributed by atoms with Gasteiger partial charge in [-0.2, -0.15) is 0 Å². The van der Waals surface area contributed by atoms with Gasteiger partial charge in [-0.15, -0.1) is 0 Å². The first-order chi connectivity index (χ1) is 22.5. The third kappa shape index (κ3) is 4.09. The molecule has 0 fully saturated rings. The Bertz CT molecular complexity index is 2370. The zero-order valence-electron chi connectivity index (χ0n) is 25.4. The molecule has 46 heavy (non-hydrogen) atoms. The van der Waals surface area contributed by atoms with Gasteiger partial charge in [0.1, 0.15) is 11.2 Å². The van der Waals surface area contributed by atoms with Gasteiger partial charge in [-0.25, -0.2) is 15.0 Å². The third-order valence-corrected chi connectivity index (χ3v) is 9.20. The molecule has 0 saturated carbocycles.